The molecule has 27 heavy (non-hydrogen) atoms. The van der Waals surface area contributed by atoms with Gasteiger partial charge in [0.25, 0.3) is 0 Å². The first-order valence-corrected chi connectivity index (χ1v) is 11.7. The van der Waals surface area contributed by atoms with Gasteiger partial charge in [-0.3, -0.25) is 9.59 Å². The zero-order chi connectivity index (χ0) is 18.6. The molecule has 4 aliphatic carbocycles. The van der Waals surface area contributed by atoms with E-state index in [-0.39, 0.29) is 23.7 Å². The summed E-state index contributed by atoms with van der Waals surface area (Å²) in [6.45, 7) is 0. The number of carbonyl (C=O) groups excluding carboxylic acids is 2. The molecule has 0 radical (unpaired) electrons. The predicted molar refractivity (Wildman–Crippen MR) is 109 cm³/mol. The maximum Gasteiger partial charge on any atom is 0.143 e. The highest BCUT2D eigenvalue weighted by atomic mass is 16.1. The van der Waals surface area contributed by atoms with Gasteiger partial charge in [-0.1, -0.05) is 36.1 Å². The Bertz CT molecular complexity index is 572. The van der Waals surface area contributed by atoms with Gasteiger partial charge < -0.3 is 0 Å². The molecule has 4 rings (SSSR count). The minimum atomic E-state index is 0.139. The van der Waals surface area contributed by atoms with Crippen LogP contribution in [0.1, 0.15) is 96.3 Å². The lowest BCUT2D eigenvalue weighted by Crippen LogP contribution is -2.36. The topological polar surface area (TPSA) is 34.1 Å². The fourth-order valence-corrected chi connectivity index (χ4v) is 6.18. The highest BCUT2D eigenvalue weighted by molar-refractivity contribution is 5.89. The van der Waals surface area contributed by atoms with E-state index in [9.17, 15) is 9.59 Å². The molecular weight excluding hydrogens is 332 g/mol. The second kappa shape index (κ2) is 8.88. The van der Waals surface area contributed by atoms with Crippen LogP contribution in [0.3, 0.4) is 0 Å². The Balaban J connectivity index is 1.41. The molecule has 4 atom stereocenters. The van der Waals surface area contributed by atoms with Gasteiger partial charge in [-0.2, -0.15) is 0 Å². The molecule has 148 valence electrons. The maximum absolute atomic E-state index is 13.2. The van der Waals surface area contributed by atoms with Gasteiger partial charge in [0.15, 0.2) is 0 Å². The average Bonchev–Trinajstić information content (AvgIpc) is 2.72. The summed E-state index contributed by atoms with van der Waals surface area (Å²) in [6, 6.07) is 0. The Hall–Kier alpha value is -1.18. The largest absolute Gasteiger partial charge is 0.299 e. The maximum atomic E-state index is 13.2. The Morgan fingerprint density at radius 2 is 1.11 bits per heavy atom. The minimum absolute atomic E-state index is 0.139. The van der Waals surface area contributed by atoms with Crippen LogP contribution in [0.15, 0.2) is 23.3 Å². The van der Waals surface area contributed by atoms with Crippen LogP contribution in [0.25, 0.3) is 0 Å². The average molecular weight is 369 g/mol. The monoisotopic (exact) mass is 368 g/mol. The Morgan fingerprint density at radius 1 is 0.630 bits per heavy atom. The van der Waals surface area contributed by atoms with Crippen molar-refractivity contribution in [3.8, 4) is 0 Å². The van der Waals surface area contributed by atoms with Gasteiger partial charge in [0.2, 0.25) is 0 Å². The molecule has 0 N–H and O–H groups in total. The smallest absolute Gasteiger partial charge is 0.143 e. The molecule has 2 fully saturated rings. The molecule has 0 spiro atoms. The molecule has 0 heterocycles. The van der Waals surface area contributed by atoms with Crippen LogP contribution in [-0.2, 0) is 9.59 Å². The zero-order valence-corrected chi connectivity index (χ0v) is 16.9. The normalized spacial score (nSPS) is 35.6. The van der Waals surface area contributed by atoms with Crippen LogP contribution >= 0.6 is 0 Å². The van der Waals surface area contributed by atoms with E-state index in [1.165, 1.54) is 36.8 Å². The van der Waals surface area contributed by atoms with Gasteiger partial charge in [-0.25, -0.2) is 0 Å². The van der Waals surface area contributed by atoms with E-state index in [0.29, 0.717) is 11.6 Å². The number of allylic oxidation sites excluding steroid dienone is 4. The Labute approximate surface area is 164 Å². The van der Waals surface area contributed by atoms with E-state index in [1.54, 1.807) is 0 Å². The van der Waals surface area contributed by atoms with Gasteiger partial charge in [-0.05, 0) is 83.5 Å². The Kier molecular flexibility index (Phi) is 6.30. The predicted octanol–water partition coefficient (Wildman–Crippen LogP) is 6.35. The van der Waals surface area contributed by atoms with Crippen molar-refractivity contribution in [1.29, 1.82) is 0 Å². The van der Waals surface area contributed by atoms with E-state index < -0.39 is 0 Å². The first-order chi connectivity index (χ1) is 13.2. The number of hydrogen-bond donors (Lipinski definition) is 0. The number of hydrogen-bond acceptors (Lipinski definition) is 2. The summed E-state index contributed by atoms with van der Waals surface area (Å²) in [4.78, 5) is 26.4. The second-order valence-corrected chi connectivity index (χ2v) is 9.45. The van der Waals surface area contributed by atoms with E-state index in [1.807, 2.05) is 0 Å². The van der Waals surface area contributed by atoms with Crippen molar-refractivity contribution in [2.45, 2.75) is 96.3 Å². The van der Waals surface area contributed by atoms with Crippen molar-refractivity contribution < 1.29 is 9.59 Å². The first-order valence-electron chi connectivity index (χ1n) is 11.7. The molecular formula is C25H36O2. The van der Waals surface area contributed by atoms with Crippen molar-refractivity contribution in [1.82, 2.24) is 0 Å². The van der Waals surface area contributed by atoms with Crippen LogP contribution in [0.4, 0.5) is 0 Å². The summed E-state index contributed by atoms with van der Waals surface area (Å²) >= 11 is 0. The summed E-state index contributed by atoms with van der Waals surface area (Å²) in [7, 11) is 0. The van der Waals surface area contributed by atoms with Gasteiger partial charge in [0.1, 0.15) is 11.6 Å². The molecule has 4 unspecified atom stereocenters. The summed E-state index contributed by atoms with van der Waals surface area (Å²) in [5, 5.41) is 0. The molecule has 2 nitrogen and oxygen atoms in total. The Morgan fingerprint density at radius 3 is 1.52 bits per heavy atom. The second-order valence-electron chi connectivity index (χ2n) is 9.45. The lowest BCUT2D eigenvalue weighted by atomic mass is 9.67. The van der Waals surface area contributed by atoms with E-state index in [4.69, 9.17) is 0 Å². The molecule has 0 bridgehead atoms. The lowest BCUT2D eigenvalue weighted by Gasteiger charge is -2.35. The fourth-order valence-electron chi connectivity index (χ4n) is 6.18. The van der Waals surface area contributed by atoms with Crippen molar-refractivity contribution in [3.05, 3.63) is 23.3 Å². The summed E-state index contributed by atoms with van der Waals surface area (Å²) in [6.07, 6.45) is 21.6. The number of rotatable bonds is 4. The summed E-state index contributed by atoms with van der Waals surface area (Å²) in [5.41, 5.74) is 2.85. The molecule has 0 aromatic carbocycles. The molecule has 2 heteroatoms. The molecule has 0 saturated heterocycles. The third-order valence-corrected chi connectivity index (χ3v) is 7.70. The summed E-state index contributed by atoms with van der Waals surface area (Å²) < 4.78 is 0. The SMILES string of the molecule is O=C1C(CC2CCCC(C3=CCCCC3)C2=O)CCCC1C1=CCCCC1. The van der Waals surface area contributed by atoms with Crippen LogP contribution in [0.5, 0.6) is 0 Å². The third-order valence-electron chi connectivity index (χ3n) is 7.70. The van der Waals surface area contributed by atoms with E-state index in [2.05, 4.69) is 12.2 Å². The molecule has 0 aromatic rings. The van der Waals surface area contributed by atoms with Crippen LogP contribution in [-0.4, -0.2) is 11.6 Å². The van der Waals surface area contributed by atoms with Crippen LogP contribution in [0.2, 0.25) is 0 Å². The first kappa shape index (κ1) is 19.2. The quantitative estimate of drug-likeness (QED) is 0.542. The van der Waals surface area contributed by atoms with E-state index in [0.717, 1.165) is 70.6 Å². The zero-order valence-electron chi connectivity index (χ0n) is 16.9. The van der Waals surface area contributed by atoms with Gasteiger partial charge in [-0.15, -0.1) is 0 Å². The third kappa shape index (κ3) is 4.30. The van der Waals surface area contributed by atoms with Crippen molar-refractivity contribution in [2.24, 2.45) is 23.7 Å². The fraction of sp³-hybridized carbons (Fsp3) is 0.760. The number of Topliss-reactive ketones (excluding diaryl/α,β-unsaturated/α-hetero) is 2. The van der Waals surface area contributed by atoms with Crippen molar-refractivity contribution >= 4 is 11.6 Å². The lowest BCUT2D eigenvalue weighted by molar-refractivity contribution is -0.132. The number of ketones is 2. The van der Waals surface area contributed by atoms with Crippen molar-refractivity contribution in [2.75, 3.05) is 0 Å². The summed E-state index contributed by atoms with van der Waals surface area (Å²) in [5.74, 6) is 1.58. The minimum Gasteiger partial charge on any atom is -0.299 e. The van der Waals surface area contributed by atoms with E-state index >= 15 is 0 Å². The standard InChI is InChI=1S/C25H36O2/c26-24-20(13-7-15-22(24)18-9-3-1-4-10-18)17-21-14-8-16-23(25(21)27)19-11-5-2-6-12-19/h9,11,20-23H,1-8,10,12-17H2. The van der Waals surface area contributed by atoms with Gasteiger partial charge in [0, 0.05) is 23.7 Å². The van der Waals surface area contributed by atoms with Crippen LogP contribution < -0.4 is 0 Å². The molecule has 0 aromatic heterocycles. The van der Waals surface area contributed by atoms with Gasteiger partial charge in [0.05, 0.1) is 0 Å². The molecule has 0 amide bonds. The molecule has 2 saturated carbocycles. The highest BCUT2D eigenvalue weighted by Gasteiger charge is 2.39. The van der Waals surface area contributed by atoms with Crippen molar-refractivity contribution in [3.63, 3.8) is 0 Å². The van der Waals surface area contributed by atoms with Gasteiger partial charge >= 0.3 is 0 Å². The highest BCUT2D eigenvalue weighted by Crippen LogP contribution is 2.41. The molecule has 4 aliphatic rings. The molecule has 0 aliphatic heterocycles. The number of carbonyl (C=O) groups is 2. The van der Waals surface area contributed by atoms with Crippen LogP contribution in [0, 0.1) is 23.7 Å².